The predicted molar refractivity (Wildman–Crippen MR) is 114 cm³/mol. The van der Waals surface area contributed by atoms with Gasteiger partial charge in [-0.15, -0.1) is 0 Å². The van der Waals surface area contributed by atoms with E-state index in [1.807, 2.05) is 19.1 Å². The number of anilines is 3. The third-order valence-corrected chi connectivity index (χ3v) is 5.80. The summed E-state index contributed by atoms with van der Waals surface area (Å²) in [6, 6.07) is 10.0. The van der Waals surface area contributed by atoms with Crippen LogP contribution in [0.25, 0.3) is 11.3 Å². The summed E-state index contributed by atoms with van der Waals surface area (Å²) in [5, 5.41) is 0. The molecular weight excluding hydrogens is 364 g/mol. The molecule has 2 aliphatic heterocycles. The number of aromatic amines is 1. The smallest absolute Gasteiger partial charge is 0.252 e. The Bertz CT molecular complexity index is 1120. The first-order chi connectivity index (χ1) is 14.1. The van der Waals surface area contributed by atoms with Crippen molar-refractivity contribution in [2.75, 3.05) is 22.9 Å². The summed E-state index contributed by atoms with van der Waals surface area (Å²) in [5.41, 5.74) is 4.41. The zero-order valence-electron chi connectivity index (χ0n) is 16.7. The average Bonchev–Trinajstić information content (AvgIpc) is 3.34. The van der Waals surface area contributed by atoms with E-state index in [9.17, 15) is 4.79 Å². The maximum atomic E-state index is 12.5. The van der Waals surface area contributed by atoms with Crippen LogP contribution in [0.5, 0.6) is 0 Å². The van der Waals surface area contributed by atoms with Crippen LogP contribution in [0.4, 0.5) is 17.6 Å². The minimum atomic E-state index is -0.176. The van der Waals surface area contributed by atoms with Crippen molar-refractivity contribution in [1.82, 2.24) is 19.9 Å². The molecule has 0 spiro atoms. The number of H-pyrrole nitrogens is 1. The average molecular weight is 388 g/mol. The first-order valence-corrected chi connectivity index (χ1v) is 10.2. The molecule has 1 N–H and O–H groups in total. The van der Waals surface area contributed by atoms with Gasteiger partial charge in [-0.25, -0.2) is 15.0 Å². The summed E-state index contributed by atoms with van der Waals surface area (Å²) >= 11 is 0. The van der Waals surface area contributed by atoms with Gasteiger partial charge >= 0.3 is 0 Å². The van der Waals surface area contributed by atoms with Gasteiger partial charge in [-0.3, -0.25) is 9.78 Å². The number of hydrogen-bond donors (Lipinski definition) is 1. The van der Waals surface area contributed by atoms with E-state index in [-0.39, 0.29) is 11.6 Å². The molecule has 4 heterocycles. The lowest BCUT2D eigenvalue weighted by atomic mass is 10.1. The summed E-state index contributed by atoms with van der Waals surface area (Å²) < 4.78 is 0. The van der Waals surface area contributed by atoms with Crippen LogP contribution in [0, 0.1) is 6.92 Å². The van der Waals surface area contributed by atoms with Crippen LogP contribution in [0.2, 0.25) is 0 Å². The summed E-state index contributed by atoms with van der Waals surface area (Å²) in [6.07, 6.45) is 5.08. The molecule has 2 aliphatic rings. The van der Waals surface area contributed by atoms with E-state index in [1.165, 1.54) is 24.5 Å². The third kappa shape index (κ3) is 3.16. The van der Waals surface area contributed by atoms with Crippen molar-refractivity contribution in [3.63, 3.8) is 0 Å². The molecule has 1 atom stereocenters. The highest BCUT2D eigenvalue weighted by molar-refractivity contribution is 5.69. The Kier molecular flexibility index (Phi) is 4.30. The van der Waals surface area contributed by atoms with Crippen molar-refractivity contribution in [3.05, 3.63) is 58.1 Å². The normalized spacial score (nSPS) is 18.3. The molecule has 1 saturated heterocycles. The molecule has 3 aromatic rings. The zero-order valence-corrected chi connectivity index (χ0v) is 16.7. The first kappa shape index (κ1) is 17.8. The number of aryl methyl sites for hydroxylation is 1. The van der Waals surface area contributed by atoms with Crippen molar-refractivity contribution >= 4 is 17.6 Å². The maximum absolute atomic E-state index is 12.5. The fraction of sp³-hybridized carbons (Fsp3) is 0.364. The summed E-state index contributed by atoms with van der Waals surface area (Å²) in [7, 11) is 0. The lowest BCUT2D eigenvalue weighted by Crippen LogP contribution is -2.28. The first-order valence-electron chi connectivity index (χ1n) is 10.2. The van der Waals surface area contributed by atoms with Crippen molar-refractivity contribution < 1.29 is 0 Å². The Morgan fingerprint density at radius 3 is 2.72 bits per heavy atom. The Morgan fingerprint density at radius 1 is 1.14 bits per heavy atom. The van der Waals surface area contributed by atoms with Gasteiger partial charge in [0.2, 0.25) is 11.9 Å². The second kappa shape index (κ2) is 6.99. The van der Waals surface area contributed by atoms with E-state index >= 15 is 0 Å². The predicted octanol–water partition coefficient (Wildman–Crippen LogP) is 3.22. The van der Waals surface area contributed by atoms with Crippen molar-refractivity contribution in [1.29, 1.82) is 0 Å². The fourth-order valence-corrected chi connectivity index (χ4v) is 4.36. The molecule has 0 saturated carbocycles. The van der Waals surface area contributed by atoms with Gasteiger partial charge in [-0.05, 0) is 44.7 Å². The summed E-state index contributed by atoms with van der Waals surface area (Å²) in [6.45, 7) is 6.09. The number of nitrogens with one attached hydrogen (secondary N) is 1. The molecule has 0 amide bonds. The SMILES string of the molecule is Cc1nc(N2CCCC2)ncc1-c1cc(=O)[nH]c(N2c3ccccc3CC2C)n1. The highest BCUT2D eigenvalue weighted by atomic mass is 16.1. The number of nitrogens with zero attached hydrogens (tertiary/aromatic N) is 5. The number of para-hydroxylation sites is 1. The minimum Gasteiger partial charge on any atom is -0.341 e. The molecule has 1 aromatic carbocycles. The third-order valence-electron chi connectivity index (χ3n) is 5.80. The van der Waals surface area contributed by atoms with E-state index in [2.05, 4.69) is 43.8 Å². The Hall–Kier alpha value is -3.22. The Balaban J connectivity index is 1.55. The van der Waals surface area contributed by atoms with Gasteiger partial charge < -0.3 is 9.80 Å². The minimum absolute atomic E-state index is 0.176. The maximum Gasteiger partial charge on any atom is 0.252 e. The van der Waals surface area contributed by atoms with E-state index < -0.39 is 0 Å². The number of fused-ring (bicyclic) bond motifs is 1. The molecule has 148 valence electrons. The van der Waals surface area contributed by atoms with Crippen LogP contribution in [-0.2, 0) is 6.42 Å². The van der Waals surface area contributed by atoms with E-state index in [0.29, 0.717) is 11.6 Å². The van der Waals surface area contributed by atoms with Gasteiger partial charge in [-0.1, -0.05) is 18.2 Å². The summed E-state index contributed by atoms with van der Waals surface area (Å²) in [5.74, 6) is 1.32. The van der Waals surface area contributed by atoms with E-state index in [1.54, 1.807) is 6.20 Å². The molecule has 1 fully saturated rings. The largest absolute Gasteiger partial charge is 0.341 e. The molecule has 29 heavy (non-hydrogen) atoms. The van der Waals surface area contributed by atoms with E-state index in [4.69, 9.17) is 4.98 Å². The van der Waals surface area contributed by atoms with Gasteiger partial charge in [0.25, 0.3) is 5.56 Å². The number of benzene rings is 1. The second-order valence-corrected chi connectivity index (χ2v) is 7.87. The Labute approximate surface area is 169 Å². The van der Waals surface area contributed by atoms with Crippen molar-refractivity contribution in [3.8, 4) is 11.3 Å². The molecule has 1 unspecified atom stereocenters. The van der Waals surface area contributed by atoms with Gasteiger partial charge in [0, 0.05) is 42.6 Å². The van der Waals surface area contributed by atoms with Gasteiger partial charge in [0.05, 0.1) is 11.4 Å². The molecule has 5 rings (SSSR count). The molecule has 2 aromatic heterocycles. The zero-order chi connectivity index (χ0) is 20.0. The van der Waals surface area contributed by atoms with Gasteiger partial charge in [0.1, 0.15) is 0 Å². The quantitative estimate of drug-likeness (QED) is 0.742. The lowest BCUT2D eigenvalue weighted by Gasteiger charge is -2.23. The topological polar surface area (TPSA) is 78.0 Å². The Morgan fingerprint density at radius 2 is 1.93 bits per heavy atom. The van der Waals surface area contributed by atoms with Gasteiger partial charge in [0.15, 0.2) is 0 Å². The summed E-state index contributed by atoms with van der Waals surface area (Å²) in [4.78, 5) is 33.7. The van der Waals surface area contributed by atoms with Crippen LogP contribution in [0.3, 0.4) is 0 Å². The van der Waals surface area contributed by atoms with E-state index in [0.717, 1.165) is 42.4 Å². The van der Waals surface area contributed by atoms with Gasteiger partial charge in [-0.2, -0.15) is 0 Å². The van der Waals surface area contributed by atoms with Crippen LogP contribution in [-0.4, -0.2) is 39.1 Å². The number of hydrogen-bond acceptors (Lipinski definition) is 6. The molecule has 0 aliphatic carbocycles. The van der Waals surface area contributed by atoms with Crippen LogP contribution >= 0.6 is 0 Å². The highest BCUT2D eigenvalue weighted by Crippen LogP contribution is 2.36. The number of aromatic nitrogens is 4. The van der Waals surface area contributed by atoms with Crippen LogP contribution < -0.4 is 15.4 Å². The highest BCUT2D eigenvalue weighted by Gasteiger charge is 2.29. The second-order valence-electron chi connectivity index (χ2n) is 7.87. The molecule has 7 heteroatoms. The number of rotatable bonds is 3. The van der Waals surface area contributed by atoms with Crippen molar-refractivity contribution in [2.45, 2.75) is 39.2 Å². The molecule has 7 nitrogen and oxygen atoms in total. The fourth-order valence-electron chi connectivity index (χ4n) is 4.36. The molecule has 0 bridgehead atoms. The van der Waals surface area contributed by atoms with Crippen LogP contribution in [0.1, 0.15) is 31.0 Å². The van der Waals surface area contributed by atoms with Crippen molar-refractivity contribution in [2.24, 2.45) is 0 Å². The molecular formula is C22H24N6O. The standard InChI is InChI=1S/C22H24N6O/c1-14-11-16-7-3-4-8-19(16)28(14)22-25-18(12-20(29)26-22)17-13-23-21(24-15(17)2)27-9-5-6-10-27/h3-4,7-8,12-14H,5-6,9-11H2,1-2H3,(H,25,26,29). The molecule has 0 radical (unpaired) electrons. The van der Waals surface area contributed by atoms with Crippen LogP contribution in [0.15, 0.2) is 41.3 Å². The lowest BCUT2D eigenvalue weighted by molar-refractivity contribution is 0.738. The monoisotopic (exact) mass is 388 g/mol.